The molecule has 2 rings (SSSR count). The number of ether oxygens (including phenoxy) is 6. The zero-order valence-electron chi connectivity index (χ0n) is 39.6. The van der Waals surface area contributed by atoms with Gasteiger partial charge in [0.15, 0.2) is 18.7 Å². The molecule has 0 aliphatic carbocycles. The smallest absolute Gasteiger partial charge is 0.306 e. The van der Waals surface area contributed by atoms with Crippen LogP contribution in [0.2, 0.25) is 0 Å². The molecule has 0 radical (unpaired) electrons. The van der Waals surface area contributed by atoms with Gasteiger partial charge in [-0.1, -0.05) is 125 Å². The molecule has 378 valence electrons. The Balaban J connectivity index is 1.86. The molecule has 0 aromatic carbocycles. The predicted octanol–water partition coefficient (Wildman–Crippen LogP) is 6.26. The topological polar surface area (TPSA) is 231 Å². The van der Waals surface area contributed by atoms with Crippen LogP contribution in [0, 0.1) is 0 Å². The molecular formula is C51H84O15. The van der Waals surface area contributed by atoms with E-state index in [9.17, 15) is 45.3 Å². The highest BCUT2D eigenvalue weighted by Crippen LogP contribution is 2.26. The van der Waals surface area contributed by atoms with Gasteiger partial charge in [0.05, 0.1) is 19.8 Å². The monoisotopic (exact) mass is 937 g/mol. The van der Waals surface area contributed by atoms with Crippen molar-refractivity contribution in [1.29, 1.82) is 0 Å². The molecule has 2 aliphatic heterocycles. The Morgan fingerprint density at radius 3 is 1.56 bits per heavy atom. The third-order valence-electron chi connectivity index (χ3n) is 11.2. The Morgan fingerprint density at radius 2 is 0.970 bits per heavy atom. The summed E-state index contributed by atoms with van der Waals surface area (Å²) in [5.41, 5.74) is 0. The van der Waals surface area contributed by atoms with E-state index in [4.69, 9.17) is 28.4 Å². The Bertz CT molecular complexity index is 1430. The van der Waals surface area contributed by atoms with Gasteiger partial charge in [0.1, 0.15) is 55.4 Å². The molecule has 0 bridgehead atoms. The minimum atomic E-state index is -1.78. The normalized spacial score (nSPS) is 26.8. The summed E-state index contributed by atoms with van der Waals surface area (Å²) in [6, 6.07) is 0. The van der Waals surface area contributed by atoms with E-state index in [0.717, 1.165) is 77.0 Å². The maximum absolute atomic E-state index is 13.0. The van der Waals surface area contributed by atoms with Crippen LogP contribution in [0.4, 0.5) is 0 Å². The lowest BCUT2D eigenvalue weighted by molar-refractivity contribution is -0.332. The molecule has 0 amide bonds. The van der Waals surface area contributed by atoms with Crippen LogP contribution in [0.25, 0.3) is 0 Å². The molecule has 2 aliphatic rings. The first-order chi connectivity index (χ1) is 32.0. The molecule has 0 aromatic heterocycles. The van der Waals surface area contributed by atoms with Gasteiger partial charge >= 0.3 is 11.9 Å². The summed E-state index contributed by atoms with van der Waals surface area (Å²) in [4.78, 5) is 25.7. The van der Waals surface area contributed by atoms with E-state index in [1.807, 2.05) is 12.2 Å². The van der Waals surface area contributed by atoms with Gasteiger partial charge in [0, 0.05) is 12.8 Å². The van der Waals surface area contributed by atoms with Crippen molar-refractivity contribution in [3.63, 3.8) is 0 Å². The third-order valence-corrected chi connectivity index (χ3v) is 11.2. The van der Waals surface area contributed by atoms with E-state index in [2.05, 4.69) is 74.6 Å². The zero-order chi connectivity index (χ0) is 48.2. The molecule has 15 heteroatoms. The van der Waals surface area contributed by atoms with Crippen molar-refractivity contribution in [2.24, 2.45) is 0 Å². The van der Waals surface area contributed by atoms with Crippen LogP contribution in [0.1, 0.15) is 142 Å². The third kappa shape index (κ3) is 25.9. The van der Waals surface area contributed by atoms with Crippen LogP contribution in [0.5, 0.6) is 0 Å². The van der Waals surface area contributed by atoms with Crippen LogP contribution in [0.3, 0.4) is 0 Å². The molecule has 2 heterocycles. The van der Waals surface area contributed by atoms with Gasteiger partial charge in [0.2, 0.25) is 0 Å². The van der Waals surface area contributed by atoms with Crippen LogP contribution in [-0.2, 0) is 38.0 Å². The van der Waals surface area contributed by atoms with Gasteiger partial charge in [-0.25, -0.2) is 0 Å². The molecule has 0 unspecified atom stereocenters. The fraction of sp³-hybridized carbons (Fsp3) is 0.725. The van der Waals surface area contributed by atoms with Gasteiger partial charge < -0.3 is 64.2 Å². The van der Waals surface area contributed by atoms with E-state index in [-0.39, 0.29) is 19.4 Å². The van der Waals surface area contributed by atoms with Gasteiger partial charge in [-0.3, -0.25) is 9.59 Å². The lowest BCUT2D eigenvalue weighted by Gasteiger charge is -2.42. The number of allylic oxidation sites excluding steroid dienone is 12. The van der Waals surface area contributed by atoms with E-state index in [1.165, 1.54) is 19.3 Å². The van der Waals surface area contributed by atoms with Crippen molar-refractivity contribution in [3.8, 4) is 0 Å². The number of carbonyl (C=O) groups is 2. The number of hydrogen-bond acceptors (Lipinski definition) is 15. The lowest BCUT2D eigenvalue weighted by atomic mass is 9.98. The van der Waals surface area contributed by atoms with Crippen molar-refractivity contribution in [2.75, 3.05) is 26.4 Å². The van der Waals surface area contributed by atoms with Gasteiger partial charge in [0.25, 0.3) is 0 Å². The second-order valence-electron chi connectivity index (χ2n) is 16.9. The van der Waals surface area contributed by atoms with Crippen molar-refractivity contribution < 1.29 is 73.8 Å². The molecule has 0 saturated carbocycles. The first-order valence-electron chi connectivity index (χ1n) is 24.5. The van der Waals surface area contributed by atoms with Crippen LogP contribution in [-0.4, -0.2) is 142 Å². The average molecular weight is 937 g/mol. The molecular weight excluding hydrogens is 853 g/mol. The van der Waals surface area contributed by atoms with Crippen molar-refractivity contribution in [3.05, 3.63) is 72.9 Å². The number of rotatable bonds is 36. The molecule has 0 aromatic rings. The summed E-state index contributed by atoms with van der Waals surface area (Å²) >= 11 is 0. The minimum Gasteiger partial charge on any atom is -0.462 e. The van der Waals surface area contributed by atoms with Crippen LogP contribution >= 0.6 is 0 Å². The van der Waals surface area contributed by atoms with Crippen molar-refractivity contribution >= 4 is 11.9 Å². The van der Waals surface area contributed by atoms with Crippen molar-refractivity contribution in [2.45, 2.75) is 210 Å². The van der Waals surface area contributed by atoms with E-state index in [1.54, 1.807) is 0 Å². The number of unbranched alkanes of at least 4 members (excludes halogenated alkanes) is 10. The standard InChI is InChI=1S/C51H84O15/c1-3-5-7-9-11-13-15-17-18-19-20-22-23-25-27-29-31-33-42(53)61-36-39(64-43(54)34-32-30-28-26-24-21-16-14-12-10-8-6-4-2)37-62-50-49(60)47(58)45(56)41(66-50)38-63-51-48(59)46(57)44(55)40(35-52)65-51/h5,7,11-14,17-18,20,22,25,27,39-41,44-52,55-60H,3-4,6,8-10,15-16,19,21,23-24,26,28-38H2,1-2H3/b7-5-,13-11-,14-12-,18-17-,22-20-,27-25-/t39-,40-,41-,44+,45+,46+,47+,48-,49-,50-,51+/m1/s1. The maximum Gasteiger partial charge on any atom is 0.306 e. The molecule has 2 fully saturated rings. The quantitative estimate of drug-likeness (QED) is 0.0209. The minimum absolute atomic E-state index is 0.135. The average Bonchev–Trinajstić information content (AvgIpc) is 3.31. The number of esters is 2. The Kier molecular flexibility index (Phi) is 33.9. The SMILES string of the molecule is CC/C=C\C/C=C\C/C=C\C/C=C\C/C=C\CCCC(=O)OC[C@H](CO[C@@H]1O[C@H](CO[C@H]2O[C@H](CO)[C@H](O)[C@H](O)[C@H]2O)[C@H](O)[C@H](O)[C@H]1O)OC(=O)CCCCCCCC/C=C\CCCCC. The fourth-order valence-corrected chi connectivity index (χ4v) is 7.13. The van der Waals surface area contributed by atoms with Gasteiger partial charge in [-0.2, -0.15) is 0 Å². The van der Waals surface area contributed by atoms with Crippen molar-refractivity contribution in [1.82, 2.24) is 0 Å². The Morgan fingerprint density at radius 1 is 0.500 bits per heavy atom. The summed E-state index contributed by atoms with van der Waals surface area (Å²) in [5.74, 6) is -1.01. The maximum atomic E-state index is 13.0. The van der Waals surface area contributed by atoms with Crippen LogP contribution < -0.4 is 0 Å². The second-order valence-corrected chi connectivity index (χ2v) is 16.9. The van der Waals surface area contributed by atoms with Crippen LogP contribution in [0.15, 0.2) is 72.9 Å². The Hall–Kier alpha value is -3.06. The number of hydrogen-bond donors (Lipinski definition) is 7. The van der Waals surface area contributed by atoms with Gasteiger partial charge in [-0.15, -0.1) is 0 Å². The summed E-state index contributed by atoms with van der Waals surface area (Å²) in [7, 11) is 0. The summed E-state index contributed by atoms with van der Waals surface area (Å²) in [6.07, 6.45) is 26.6. The number of aliphatic hydroxyl groups is 7. The highest BCUT2D eigenvalue weighted by molar-refractivity contribution is 5.70. The molecule has 15 nitrogen and oxygen atoms in total. The highest BCUT2D eigenvalue weighted by atomic mass is 16.7. The molecule has 66 heavy (non-hydrogen) atoms. The fourth-order valence-electron chi connectivity index (χ4n) is 7.13. The molecule has 11 atom stereocenters. The first kappa shape index (κ1) is 59.1. The summed E-state index contributed by atoms with van der Waals surface area (Å²) in [6.45, 7) is 2.36. The van der Waals surface area contributed by atoms with Gasteiger partial charge in [-0.05, 0) is 77.0 Å². The van der Waals surface area contributed by atoms with E-state index >= 15 is 0 Å². The van der Waals surface area contributed by atoms with E-state index in [0.29, 0.717) is 19.3 Å². The predicted molar refractivity (Wildman–Crippen MR) is 252 cm³/mol. The number of carbonyl (C=O) groups excluding carboxylic acids is 2. The first-order valence-corrected chi connectivity index (χ1v) is 24.5. The largest absolute Gasteiger partial charge is 0.462 e. The summed E-state index contributed by atoms with van der Waals surface area (Å²) in [5, 5.41) is 72.0. The molecule has 0 spiro atoms. The number of aliphatic hydroxyl groups excluding tert-OH is 7. The molecule has 2 saturated heterocycles. The van der Waals surface area contributed by atoms with E-state index < -0.39 is 99.3 Å². The zero-order valence-corrected chi connectivity index (χ0v) is 39.6. The lowest BCUT2D eigenvalue weighted by Crippen LogP contribution is -2.61. The highest BCUT2D eigenvalue weighted by Gasteiger charge is 2.47. The Labute approximate surface area is 393 Å². The second kappa shape index (κ2) is 37.9. The molecule has 7 N–H and O–H groups in total. The summed E-state index contributed by atoms with van der Waals surface area (Å²) < 4.78 is 33.4.